The second kappa shape index (κ2) is 79.3. The lowest BCUT2D eigenvalue weighted by atomic mass is 10.1. The van der Waals surface area contributed by atoms with E-state index >= 15 is 0 Å². The number of rotatable bonds is 75. The van der Waals surface area contributed by atoms with Crippen molar-refractivity contribution in [2.75, 3.05) is 39.6 Å². The van der Waals surface area contributed by atoms with Gasteiger partial charge >= 0.3 is 39.5 Å². The maximum atomic E-state index is 13.1. The summed E-state index contributed by atoms with van der Waals surface area (Å²) in [4.78, 5) is 73.0. The van der Waals surface area contributed by atoms with Gasteiger partial charge in [-0.1, -0.05) is 281 Å². The summed E-state index contributed by atoms with van der Waals surface area (Å²) >= 11 is 0. The van der Waals surface area contributed by atoms with Crippen LogP contribution in [-0.2, 0) is 65.4 Å². The maximum Gasteiger partial charge on any atom is 0.472 e. The summed E-state index contributed by atoms with van der Waals surface area (Å²) in [5, 5.41) is 10.7. The standard InChI is InChI=1S/C89H144O17P2/c1-5-9-13-17-21-25-29-33-37-40-41-44-48-52-56-60-64-68-72-76-89(94)106-85(80-100-87(92)74-70-66-62-58-54-50-47-43-39-35-31-27-23-19-15-11-7-3)82-104-108(97,98)102-78-83(90)77-101-107(95,96)103-81-84(105-88(93)75-71-67-63-59-55-51-45-36-32-28-24-20-16-12-8-4)79-99-86(91)73-69-65-61-57-53-49-46-42-38-34-30-26-22-18-14-10-6-2/h21-28,33-39,41,44-47,49-50,52,56-58,61-62,64,68,83-85,90H,5-20,29-32,40,42-43,48,51,53-55,59-60,63,65-67,69-82H2,1-4H3,(H,95,96)(H,97,98)/b25-21-,26-22-,27-23-,28-24-,37-33-,38-34-,39-35-,44-41-,45-36-,49-46-,50-47-,56-52-,61-57-,62-58-,68-64-/t83-,84+,85+/m0/s1. The molecule has 0 rings (SSSR count). The SMILES string of the molecule is CCCCC/C=C\C/C=C\C/C=C\C/C=C\C/C=C\CCC(=O)O[C@H](COC(=O)CCC/C=C\C/C=C\C/C=C\C/C=C\CCCCC)COP(=O)(O)OC[C@@H](O)COP(=O)(O)OC[C@@H](COC(=O)CCC/C=C\C/C=C\C/C=C\C/C=C\CCCCC)OC(=O)CCCCCCC/C=C\C/C=C\CCCCC. The van der Waals surface area contributed by atoms with Gasteiger partial charge in [-0.15, -0.1) is 0 Å². The zero-order valence-corrected chi connectivity index (χ0v) is 68.7. The van der Waals surface area contributed by atoms with E-state index in [1.807, 2.05) is 42.5 Å². The van der Waals surface area contributed by atoms with Gasteiger partial charge < -0.3 is 33.8 Å². The van der Waals surface area contributed by atoms with Crippen LogP contribution in [0.5, 0.6) is 0 Å². The topological polar surface area (TPSA) is 237 Å². The number of aliphatic hydroxyl groups excluding tert-OH is 1. The van der Waals surface area contributed by atoms with E-state index in [2.05, 4.69) is 167 Å². The highest BCUT2D eigenvalue weighted by atomic mass is 31.2. The number of unbranched alkanes of at least 4 members (excludes halogenated alkanes) is 19. The first-order valence-corrected chi connectivity index (χ1v) is 44.0. The zero-order valence-electron chi connectivity index (χ0n) is 66.9. The average Bonchev–Trinajstić information content (AvgIpc) is 0.907. The van der Waals surface area contributed by atoms with E-state index in [4.69, 9.17) is 37.0 Å². The van der Waals surface area contributed by atoms with Crippen molar-refractivity contribution in [3.05, 3.63) is 182 Å². The molecule has 0 amide bonds. The Bertz CT molecular complexity index is 2760. The van der Waals surface area contributed by atoms with Crippen molar-refractivity contribution in [2.24, 2.45) is 0 Å². The van der Waals surface area contributed by atoms with Gasteiger partial charge in [0.1, 0.15) is 19.3 Å². The van der Waals surface area contributed by atoms with Gasteiger partial charge in [0, 0.05) is 25.7 Å². The van der Waals surface area contributed by atoms with E-state index in [-0.39, 0.29) is 25.7 Å². The molecule has 0 aliphatic rings. The van der Waals surface area contributed by atoms with Gasteiger partial charge in [-0.3, -0.25) is 37.3 Å². The third-order valence-corrected chi connectivity index (χ3v) is 18.2. The number of allylic oxidation sites excluding steroid dienone is 30. The summed E-state index contributed by atoms with van der Waals surface area (Å²) in [6.45, 7) is 4.52. The number of ether oxygens (including phenoxy) is 4. The van der Waals surface area contributed by atoms with Crippen molar-refractivity contribution >= 4 is 39.5 Å². The number of phosphoric acid groups is 2. The third kappa shape index (κ3) is 78.3. The Morgan fingerprint density at radius 2 is 0.481 bits per heavy atom. The first-order valence-electron chi connectivity index (χ1n) is 41.0. The highest BCUT2D eigenvalue weighted by Gasteiger charge is 2.30. The molecule has 0 saturated carbocycles. The molecule has 0 spiro atoms. The minimum absolute atomic E-state index is 0.0485. The molecule has 612 valence electrons. The lowest BCUT2D eigenvalue weighted by Crippen LogP contribution is -2.30. The van der Waals surface area contributed by atoms with Crippen LogP contribution >= 0.6 is 15.6 Å². The molecule has 5 atom stereocenters. The number of carbonyl (C=O) groups is 4. The summed E-state index contributed by atoms with van der Waals surface area (Å²) in [7, 11) is -10.0. The van der Waals surface area contributed by atoms with Gasteiger partial charge in [0.25, 0.3) is 0 Å². The molecule has 0 aromatic heterocycles. The van der Waals surface area contributed by atoms with Gasteiger partial charge in [-0.05, 0) is 173 Å². The molecule has 19 heteroatoms. The van der Waals surface area contributed by atoms with Gasteiger partial charge in [0.15, 0.2) is 12.2 Å². The fraction of sp³-hybridized carbons (Fsp3) is 0.618. The van der Waals surface area contributed by atoms with Crippen LogP contribution in [-0.4, -0.2) is 96.7 Å². The largest absolute Gasteiger partial charge is 0.472 e. The lowest BCUT2D eigenvalue weighted by molar-refractivity contribution is -0.161. The van der Waals surface area contributed by atoms with Crippen LogP contribution in [0, 0.1) is 0 Å². The first kappa shape index (κ1) is 102. The second-order valence-electron chi connectivity index (χ2n) is 26.6. The van der Waals surface area contributed by atoms with Gasteiger partial charge in [0.05, 0.1) is 26.4 Å². The quantitative estimate of drug-likeness (QED) is 0.0169. The Morgan fingerprint density at radius 3 is 0.778 bits per heavy atom. The monoisotopic (exact) mass is 1550 g/mol. The third-order valence-electron chi connectivity index (χ3n) is 16.3. The van der Waals surface area contributed by atoms with E-state index in [1.165, 1.54) is 77.0 Å². The van der Waals surface area contributed by atoms with Crippen LogP contribution < -0.4 is 0 Å². The summed E-state index contributed by atoms with van der Waals surface area (Å²) in [5.41, 5.74) is 0. The smallest absolute Gasteiger partial charge is 0.462 e. The number of aliphatic hydroxyl groups is 1. The Labute approximate surface area is 654 Å². The molecule has 108 heavy (non-hydrogen) atoms. The Hall–Kier alpha value is -5.84. The van der Waals surface area contributed by atoms with Gasteiger partial charge in [0.2, 0.25) is 0 Å². The van der Waals surface area contributed by atoms with Crippen LogP contribution in [0.4, 0.5) is 0 Å². The summed E-state index contributed by atoms with van der Waals surface area (Å²) in [5.74, 6) is -2.43. The Kier molecular flexibility index (Phi) is 75.0. The van der Waals surface area contributed by atoms with Crippen molar-refractivity contribution < 1.29 is 80.2 Å². The second-order valence-corrected chi connectivity index (χ2v) is 29.5. The summed E-state index contributed by atoms with van der Waals surface area (Å²) in [6.07, 6.45) is 96.1. The molecule has 0 aliphatic carbocycles. The molecule has 0 saturated heterocycles. The maximum absolute atomic E-state index is 13.1. The first-order chi connectivity index (χ1) is 52.7. The van der Waals surface area contributed by atoms with E-state index in [1.54, 1.807) is 0 Å². The van der Waals surface area contributed by atoms with Crippen molar-refractivity contribution in [1.82, 2.24) is 0 Å². The molecule has 0 heterocycles. The van der Waals surface area contributed by atoms with Crippen molar-refractivity contribution in [1.29, 1.82) is 0 Å². The highest BCUT2D eigenvalue weighted by molar-refractivity contribution is 7.47. The minimum atomic E-state index is -5.02. The van der Waals surface area contributed by atoms with Crippen molar-refractivity contribution in [3.63, 3.8) is 0 Å². The van der Waals surface area contributed by atoms with E-state index in [0.717, 1.165) is 122 Å². The van der Waals surface area contributed by atoms with Crippen LogP contribution in [0.15, 0.2) is 182 Å². The van der Waals surface area contributed by atoms with Crippen molar-refractivity contribution in [2.45, 2.75) is 316 Å². The van der Waals surface area contributed by atoms with Crippen LogP contribution in [0.2, 0.25) is 0 Å². The molecule has 0 fully saturated rings. The molecule has 3 N–H and O–H groups in total. The Balaban J connectivity index is 5.57. The number of esters is 4. The van der Waals surface area contributed by atoms with Gasteiger partial charge in [-0.25, -0.2) is 9.13 Å². The van der Waals surface area contributed by atoms with E-state index in [0.29, 0.717) is 44.9 Å². The average molecular weight is 1550 g/mol. The molecule has 0 aromatic carbocycles. The fourth-order valence-corrected chi connectivity index (χ4v) is 11.6. The molecule has 0 aromatic rings. The number of carbonyl (C=O) groups excluding carboxylic acids is 4. The molecule has 17 nitrogen and oxygen atoms in total. The molecule has 0 aliphatic heterocycles. The molecular weight excluding hydrogens is 1400 g/mol. The predicted molar refractivity (Wildman–Crippen MR) is 445 cm³/mol. The highest BCUT2D eigenvalue weighted by Crippen LogP contribution is 2.45. The minimum Gasteiger partial charge on any atom is -0.462 e. The fourth-order valence-electron chi connectivity index (χ4n) is 10.0. The van der Waals surface area contributed by atoms with Gasteiger partial charge in [-0.2, -0.15) is 0 Å². The summed E-state index contributed by atoms with van der Waals surface area (Å²) < 4.78 is 68.5. The van der Waals surface area contributed by atoms with Crippen LogP contribution in [0.1, 0.15) is 297 Å². The Morgan fingerprint density at radius 1 is 0.259 bits per heavy atom. The van der Waals surface area contributed by atoms with Crippen molar-refractivity contribution in [3.8, 4) is 0 Å². The molecular formula is C89H144O17P2. The number of hydrogen-bond acceptors (Lipinski definition) is 15. The molecule has 0 radical (unpaired) electrons. The zero-order chi connectivity index (χ0) is 78.9. The van der Waals surface area contributed by atoms with E-state index < -0.39 is 97.5 Å². The summed E-state index contributed by atoms with van der Waals surface area (Å²) in [6, 6.07) is 0. The number of phosphoric ester groups is 2. The van der Waals surface area contributed by atoms with Crippen LogP contribution in [0.25, 0.3) is 0 Å². The molecule has 0 bridgehead atoms. The normalized spacial score (nSPS) is 14.8. The van der Waals surface area contributed by atoms with Crippen LogP contribution in [0.3, 0.4) is 0 Å². The lowest BCUT2D eigenvalue weighted by Gasteiger charge is -2.21. The predicted octanol–water partition coefficient (Wildman–Crippen LogP) is 24.3. The van der Waals surface area contributed by atoms with E-state index in [9.17, 15) is 43.2 Å². The molecule has 2 unspecified atom stereocenters. The number of hydrogen-bond donors (Lipinski definition) is 3.